The molecule has 0 fully saturated rings. The van der Waals surface area contributed by atoms with E-state index in [0.717, 1.165) is 10.9 Å². The second-order valence-corrected chi connectivity index (χ2v) is 5.99. The van der Waals surface area contributed by atoms with Gasteiger partial charge < -0.3 is 4.98 Å². The fourth-order valence-corrected chi connectivity index (χ4v) is 3.25. The van der Waals surface area contributed by atoms with Crippen LogP contribution in [0.5, 0.6) is 0 Å². The lowest BCUT2D eigenvalue weighted by molar-refractivity contribution is 0.596. The minimum absolute atomic E-state index is 0.319. The van der Waals surface area contributed by atoms with E-state index in [1.54, 1.807) is 54.7 Å². The molecule has 3 nitrogen and oxygen atoms in total. The van der Waals surface area contributed by atoms with Gasteiger partial charge in [0.25, 0.3) is 0 Å². The number of fused-ring (bicyclic) bond motifs is 1. The lowest BCUT2D eigenvalue weighted by atomic mass is 10.2. The first-order chi connectivity index (χ1) is 8.68. The highest BCUT2D eigenvalue weighted by Gasteiger charge is 2.17. The zero-order chi connectivity index (χ0) is 12.6. The number of hydrogen-bond acceptors (Lipinski definition) is 2. The van der Waals surface area contributed by atoms with E-state index >= 15 is 0 Å². The lowest BCUT2D eigenvalue weighted by Gasteiger charge is -2.04. The Balaban J connectivity index is 2.19. The van der Waals surface area contributed by atoms with Crippen molar-refractivity contribution < 1.29 is 8.42 Å². The maximum atomic E-state index is 12.4. The molecule has 3 aromatic rings. The van der Waals surface area contributed by atoms with Crippen molar-refractivity contribution in [2.75, 3.05) is 0 Å². The molecule has 0 aliphatic heterocycles. The Labute approximate surface area is 105 Å². The molecule has 0 saturated heterocycles. The predicted molar refractivity (Wildman–Crippen MR) is 70.2 cm³/mol. The average Bonchev–Trinajstić information content (AvgIpc) is 2.87. The van der Waals surface area contributed by atoms with Crippen molar-refractivity contribution in [3.63, 3.8) is 0 Å². The number of aromatic nitrogens is 1. The third-order valence-corrected chi connectivity index (χ3v) is 4.66. The van der Waals surface area contributed by atoms with E-state index < -0.39 is 9.84 Å². The van der Waals surface area contributed by atoms with Crippen LogP contribution < -0.4 is 0 Å². The van der Waals surface area contributed by atoms with Crippen LogP contribution in [0.4, 0.5) is 0 Å². The number of aromatic amines is 1. The van der Waals surface area contributed by atoms with Gasteiger partial charge in [-0.2, -0.15) is 0 Å². The van der Waals surface area contributed by atoms with Crippen LogP contribution in [0.2, 0.25) is 0 Å². The normalized spacial score (nSPS) is 11.8. The van der Waals surface area contributed by atoms with Crippen molar-refractivity contribution in [1.29, 1.82) is 0 Å². The summed E-state index contributed by atoms with van der Waals surface area (Å²) in [6, 6.07) is 15.4. The molecule has 0 bridgehead atoms. The van der Waals surface area contributed by atoms with Crippen LogP contribution in [-0.2, 0) is 9.84 Å². The standard InChI is InChI=1S/C14H11NO2S/c16-18(17,12-4-2-1-3-5-12)13-6-7-14-11(10-13)8-9-15-14/h1-10,15H. The molecule has 0 aliphatic rings. The smallest absolute Gasteiger partial charge is 0.206 e. The van der Waals surface area contributed by atoms with Crippen molar-refractivity contribution in [3.8, 4) is 0 Å². The van der Waals surface area contributed by atoms with Crippen molar-refractivity contribution in [2.45, 2.75) is 9.79 Å². The van der Waals surface area contributed by atoms with E-state index in [-0.39, 0.29) is 0 Å². The van der Waals surface area contributed by atoms with Gasteiger partial charge in [0.05, 0.1) is 9.79 Å². The summed E-state index contributed by atoms with van der Waals surface area (Å²) in [6.07, 6.45) is 1.80. The summed E-state index contributed by atoms with van der Waals surface area (Å²) < 4.78 is 24.8. The molecule has 0 saturated carbocycles. The van der Waals surface area contributed by atoms with Gasteiger partial charge in [0.2, 0.25) is 9.84 Å². The minimum atomic E-state index is -3.42. The summed E-state index contributed by atoms with van der Waals surface area (Å²) >= 11 is 0. The van der Waals surface area contributed by atoms with E-state index in [4.69, 9.17) is 0 Å². The number of benzene rings is 2. The van der Waals surface area contributed by atoms with E-state index in [9.17, 15) is 8.42 Å². The summed E-state index contributed by atoms with van der Waals surface area (Å²) in [5.41, 5.74) is 0.932. The monoisotopic (exact) mass is 257 g/mol. The molecule has 0 amide bonds. The average molecular weight is 257 g/mol. The number of hydrogen-bond donors (Lipinski definition) is 1. The molecule has 0 radical (unpaired) electrons. The Bertz CT molecular complexity index is 789. The highest BCUT2D eigenvalue weighted by molar-refractivity contribution is 7.91. The van der Waals surface area contributed by atoms with Crippen LogP contribution >= 0.6 is 0 Å². The molecular formula is C14H11NO2S. The maximum absolute atomic E-state index is 12.4. The maximum Gasteiger partial charge on any atom is 0.206 e. The first-order valence-electron chi connectivity index (χ1n) is 5.55. The van der Waals surface area contributed by atoms with Gasteiger partial charge in [-0.3, -0.25) is 0 Å². The summed E-state index contributed by atoms with van der Waals surface area (Å²) in [4.78, 5) is 3.68. The van der Waals surface area contributed by atoms with Gasteiger partial charge in [0, 0.05) is 17.1 Å². The van der Waals surface area contributed by atoms with E-state index in [1.807, 2.05) is 6.07 Å². The first-order valence-corrected chi connectivity index (χ1v) is 7.03. The lowest BCUT2D eigenvalue weighted by Crippen LogP contribution is -2.01. The zero-order valence-corrected chi connectivity index (χ0v) is 10.3. The van der Waals surface area contributed by atoms with Crippen molar-refractivity contribution in [1.82, 2.24) is 4.98 Å². The Morgan fingerprint density at radius 3 is 2.39 bits per heavy atom. The molecule has 2 aromatic carbocycles. The summed E-state index contributed by atoms with van der Waals surface area (Å²) in [5, 5.41) is 0.895. The first kappa shape index (κ1) is 11.0. The topological polar surface area (TPSA) is 49.9 Å². The fourth-order valence-electron chi connectivity index (χ4n) is 1.93. The van der Waals surface area contributed by atoms with Gasteiger partial charge in [0.1, 0.15) is 0 Å². The molecule has 0 unspecified atom stereocenters. The van der Waals surface area contributed by atoms with Crippen LogP contribution in [0.1, 0.15) is 0 Å². The van der Waals surface area contributed by atoms with Gasteiger partial charge in [-0.15, -0.1) is 0 Å². The molecule has 0 spiro atoms. The summed E-state index contributed by atoms with van der Waals surface area (Å²) in [5.74, 6) is 0. The van der Waals surface area contributed by atoms with Crippen LogP contribution in [0.25, 0.3) is 10.9 Å². The molecule has 4 heteroatoms. The number of rotatable bonds is 2. The van der Waals surface area contributed by atoms with Crippen LogP contribution in [-0.4, -0.2) is 13.4 Å². The Morgan fingerprint density at radius 2 is 1.61 bits per heavy atom. The Hall–Kier alpha value is -2.07. The van der Waals surface area contributed by atoms with E-state index in [1.165, 1.54) is 0 Å². The van der Waals surface area contributed by atoms with Gasteiger partial charge >= 0.3 is 0 Å². The van der Waals surface area contributed by atoms with Gasteiger partial charge in [-0.05, 0) is 36.4 Å². The van der Waals surface area contributed by atoms with Crippen molar-refractivity contribution in [2.24, 2.45) is 0 Å². The summed E-state index contributed by atoms with van der Waals surface area (Å²) in [6.45, 7) is 0. The van der Waals surface area contributed by atoms with E-state index in [2.05, 4.69) is 4.98 Å². The van der Waals surface area contributed by atoms with E-state index in [0.29, 0.717) is 9.79 Å². The third-order valence-electron chi connectivity index (χ3n) is 2.89. The van der Waals surface area contributed by atoms with Crippen LogP contribution in [0.3, 0.4) is 0 Å². The van der Waals surface area contributed by atoms with Crippen molar-refractivity contribution >= 4 is 20.7 Å². The zero-order valence-electron chi connectivity index (χ0n) is 9.50. The minimum Gasteiger partial charge on any atom is -0.361 e. The second-order valence-electron chi connectivity index (χ2n) is 4.04. The number of H-pyrrole nitrogens is 1. The fraction of sp³-hybridized carbons (Fsp3) is 0. The largest absolute Gasteiger partial charge is 0.361 e. The molecule has 1 heterocycles. The van der Waals surface area contributed by atoms with Gasteiger partial charge in [-0.25, -0.2) is 8.42 Å². The Morgan fingerprint density at radius 1 is 0.833 bits per heavy atom. The molecule has 1 N–H and O–H groups in total. The van der Waals surface area contributed by atoms with Crippen LogP contribution in [0, 0.1) is 0 Å². The van der Waals surface area contributed by atoms with Gasteiger partial charge in [0.15, 0.2) is 0 Å². The number of nitrogens with one attached hydrogen (secondary N) is 1. The predicted octanol–water partition coefficient (Wildman–Crippen LogP) is 3.00. The highest BCUT2D eigenvalue weighted by atomic mass is 32.2. The molecule has 0 atom stereocenters. The molecule has 0 aliphatic carbocycles. The molecule has 1 aromatic heterocycles. The second kappa shape index (κ2) is 3.99. The Kier molecular flexibility index (Phi) is 2.45. The molecular weight excluding hydrogens is 246 g/mol. The highest BCUT2D eigenvalue weighted by Crippen LogP contribution is 2.23. The van der Waals surface area contributed by atoms with Crippen LogP contribution in [0.15, 0.2) is 70.6 Å². The summed E-state index contributed by atoms with van der Waals surface area (Å²) in [7, 11) is -3.42. The third kappa shape index (κ3) is 1.71. The SMILES string of the molecule is O=S(=O)(c1ccccc1)c1ccc2[nH]ccc2c1. The molecule has 90 valence electrons. The number of sulfone groups is 1. The molecule has 3 rings (SSSR count). The molecule has 18 heavy (non-hydrogen) atoms. The van der Waals surface area contributed by atoms with Crippen molar-refractivity contribution in [3.05, 3.63) is 60.8 Å². The quantitative estimate of drug-likeness (QED) is 0.767. The van der Waals surface area contributed by atoms with Gasteiger partial charge in [-0.1, -0.05) is 18.2 Å².